The second-order valence-electron chi connectivity index (χ2n) is 10.5. The molecule has 37 heavy (non-hydrogen) atoms. The van der Waals surface area contributed by atoms with Gasteiger partial charge in [0.25, 0.3) is 5.91 Å². The van der Waals surface area contributed by atoms with Crippen LogP contribution in [0.3, 0.4) is 0 Å². The largest absolute Gasteiger partial charge is 0.294 e. The Morgan fingerprint density at radius 2 is 1.49 bits per heavy atom. The average Bonchev–Trinajstić information content (AvgIpc) is 3.31. The summed E-state index contributed by atoms with van der Waals surface area (Å²) in [4.78, 5) is 34.0. The highest BCUT2D eigenvalue weighted by atomic mass is 35.5. The molecule has 7 heteroatoms. The van der Waals surface area contributed by atoms with Gasteiger partial charge in [-0.2, -0.15) is 5.06 Å². The van der Waals surface area contributed by atoms with E-state index in [1.54, 1.807) is 0 Å². The standard InChI is InChI=1S/C30H32ClN3O3/c1-21-27(29(36)34-26(35)18-30(2,3)33(34)20-23-12-8-5-9-13-23)28(24-14-16-25(31)17-15-24)32(37-21)19-22-10-6-4-7-11-22/h4-17,21,27-28H,18-20H2,1-3H3/t21-,27-,28-/m0/s1. The molecule has 3 aromatic rings. The molecule has 2 saturated heterocycles. The summed E-state index contributed by atoms with van der Waals surface area (Å²) >= 11 is 6.19. The number of carbonyl (C=O) groups is 2. The van der Waals surface area contributed by atoms with Gasteiger partial charge in [0.1, 0.15) is 0 Å². The van der Waals surface area contributed by atoms with Crippen LogP contribution in [-0.4, -0.2) is 38.5 Å². The van der Waals surface area contributed by atoms with Crippen molar-refractivity contribution >= 4 is 23.4 Å². The number of carbonyl (C=O) groups excluding carboxylic acids is 2. The van der Waals surface area contributed by atoms with Crippen molar-refractivity contribution in [2.45, 2.75) is 58.0 Å². The molecule has 2 amide bonds. The Hall–Kier alpha value is -3.03. The Labute approximate surface area is 223 Å². The van der Waals surface area contributed by atoms with Gasteiger partial charge < -0.3 is 0 Å². The van der Waals surface area contributed by atoms with Crippen LogP contribution in [0.1, 0.15) is 49.9 Å². The molecule has 0 unspecified atom stereocenters. The molecule has 0 N–H and O–H groups in total. The maximum absolute atomic E-state index is 14.3. The highest BCUT2D eigenvalue weighted by Crippen LogP contribution is 2.43. The van der Waals surface area contributed by atoms with Crippen LogP contribution in [0, 0.1) is 5.92 Å². The van der Waals surface area contributed by atoms with E-state index in [0.29, 0.717) is 18.1 Å². The highest BCUT2D eigenvalue weighted by Gasteiger charge is 2.54. The molecule has 3 aromatic carbocycles. The summed E-state index contributed by atoms with van der Waals surface area (Å²) in [5.74, 6) is -1.01. The normalized spacial score (nSPS) is 24.1. The van der Waals surface area contributed by atoms with Crippen LogP contribution in [0.5, 0.6) is 0 Å². The summed E-state index contributed by atoms with van der Waals surface area (Å²) < 4.78 is 0. The van der Waals surface area contributed by atoms with E-state index < -0.39 is 17.6 Å². The molecule has 192 valence electrons. The fourth-order valence-corrected chi connectivity index (χ4v) is 5.54. The van der Waals surface area contributed by atoms with Crippen molar-refractivity contribution < 1.29 is 14.4 Å². The number of rotatable bonds is 6. The van der Waals surface area contributed by atoms with E-state index in [2.05, 4.69) is 0 Å². The van der Waals surface area contributed by atoms with Crippen LogP contribution < -0.4 is 0 Å². The van der Waals surface area contributed by atoms with Crippen molar-refractivity contribution in [3.05, 3.63) is 107 Å². The molecule has 2 aliphatic heterocycles. The van der Waals surface area contributed by atoms with Crippen molar-refractivity contribution in [1.29, 1.82) is 0 Å². The minimum Gasteiger partial charge on any atom is -0.294 e. The smallest absolute Gasteiger partial charge is 0.251 e. The minimum absolute atomic E-state index is 0.186. The lowest BCUT2D eigenvalue weighted by molar-refractivity contribution is -0.168. The van der Waals surface area contributed by atoms with Crippen molar-refractivity contribution in [1.82, 2.24) is 15.1 Å². The Morgan fingerprint density at radius 1 is 0.919 bits per heavy atom. The number of imide groups is 1. The van der Waals surface area contributed by atoms with Gasteiger partial charge in [0.15, 0.2) is 0 Å². The van der Waals surface area contributed by atoms with Crippen LogP contribution in [0.2, 0.25) is 5.02 Å². The lowest BCUT2D eigenvalue weighted by atomic mass is 9.89. The number of amides is 2. The van der Waals surface area contributed by atoms with Crippen LogP contribution in [0.4, 0.5) is 0 Å². The minimum atomic E-state index is -0.582. The molecule has 0 spiro atoms. The first-order chi connectivity index (χ1) is 17.7. The Morgan fingerprint density at radius 3 is 2.08 bits per heavy atom. The number of halogens is 1. The fourth-order valence-electron chi connectivity index (χ4n) is 5.41. The van der Waals surface area contributed by atoms with Gasteiger partial charge in [-0.3, -0.25) is 14.4 Å². The van der Waals surface area contributed by atoms with Gasteiger partial charge in [0.05, 0.1) is 18.1 Å². The van der Waals surface area contributed by atoms with E-state index in [1.807, 2.05) is 116 Å². The van der Waals surface area contributed by atoms with E-state index >= 15 is 0 Å². The first-order valence-corrected chi connectivity index (χ1v) is 13.0. The lowest BCUT2D eigenvalue weighted by Gasteiger charge is -2.37. The Bertz CT molecular complexity index is 1250. The number of benzene rings is 3. The van der Waals surface area contributed by atoms with Gasteiger partial charge in [0, 0.05) is 30.1 Å². The predicted octanol–water partition coefficient (Wildman–Crippen LogP) is 5.79. The molecule has 0 saturated carbocycles. The second-order valence-corrected chi connectivity index (χ2v) is 10.9. The molecule has 0 aliphatic carbocycles. The van der Waals surface area contributed by atoms with Gasteiger partial charge in [-0.05, 0) is 49.6 Å². The summed E-state index contributed by atoms with van der Waals surface area (Å²) in [5, 5.41) is 5.79. The topological polar surface area (TPSA) is 53.1 Å². The first kappa shape index (κ1) is 25.6. The van der Waals surface area contributed by atoms with E-state index in [1.165, 1.54) is 5.01 Å². The quantitative estimate of drug-likeness (QED) is 0.387. The molecule has 2 aliphatic rings. The third-order valence-electron chi connectivity index (χ3n) is 7.28. The van der Waals surface area contributed by atoms with Gasteiger partial charge in [-0.1, -0.05) is 84.4 Å². The van der Waals surface area contributed by atoms with Crippen LogP contribution in [0.25, 0.3) is 0 Å². The third kappa shape index (κ3) is 5.20. The van der Waals surface area contributed by atoms with Gasteiger partial charge >= 0.3 is 0 Å². The maximum Gasteiger partial charge on any atom is 0.251 e. The van der Waals surface area contributed by atoms with Crippen molar-refractivity contribution in [3.63, 3.8) is 0 Å². The summed E-state index contributed by atoms with van der Waals surface area (Å²) in [6.45, 7) is 6.90. The Balaban J connectivity index is 1.50. The molecule has 0 radical (unpaired) electrons. The monoisotopic (exact) mass is 517 g/mol. The zero-order valence-corrected chi connectivity index (χ0v) is 22.1. The maximum atomic E-state index is 14.3. The van der Waals surface area contributed by atoms with Crippen LogP contribution >= 0.6 is 11.6 Å². The zero-order valence-electron chi connectivity index (χ0n) is 21.4. The van der Waals surface area contributed by atoms with Crippen molar-refractivity contribution in [2.24, 2.45) is 5.92 Å². The van der Waals surface area contributed by atoms with Crippen molar-refractivity contribution in [2.75, 3.05) is 0 Å². The molecule has 0 bridgehead atoms. The van der Waals surface area contributed by atoms with Crippen LogP contribution in [-0.2, 0) is 27.5 Å². The predicted molar refractivity (Wildman–Crippen MR) is 143 cm³/mol. The molecular weight excluding hydrogens is 486 g/mol. The molecule has 2 fully saturated rings. The van der Waals surface area contributed by atoms with Gasteiger partial charge in [0.2, 0.25) is 5.91 Å². The Kier molecular flexibility index (Phi) is 7.19. The average molecular weight is 518 g/mol. The number of hydrazine groups is 1. The highest BCUT2D eigenvalue weighted by molar-refractivity contribution is 6.30. The van der Waals surface area contributed by atoms with E-state index in [-0.39, 0.29) is 24.3 Å². The number of hydrogen-bond acceptors (Lipinski definition) is 5. The van der Waals surface area contributed by atoms with Gasteiger partial charge in [-0.25, -0.2) is 10.0 Å². The second kappa shape index (κ2) is 10.4. The summed E-state index contributed by atoms with van der Waals surface area (Å²) in [5.41, 5.74) is 2.54. The number of hydrogen-bond donors (Lipinski definition) is 0. The SMILES string of the molecule is C[C@@H]1ON(Cc2ccccc2)[C@@H](c2ccc(Cl)cc2)[C@H]1C(=O)N1C(=O)CC(C)(C)N1Cc1ccccc1. The number of nitrogens with zero attached hydrogens (tertiary/aromatic N) is 3. The zero-order chi connectivity index (χ0) is 26.2. The summed E-state index contributed by atoms with van der Waals surface area (Å²) in [7, 11) is 0. The summed E-state index contributed by atoms with van der Waals surface area (Å²) in [6, 6.07) is 27.1. The number of hydroxylamine groups is 2. The molecule has 2 heterocycles. The van der Waals surface area contributed by atoms with Crippen LogP contribution in [0.15, 0.2) is 84.9 Å². The molecule has 3 atom stereocenters. The molecule has 0 aromatic heterocycles. The van der Waals surface area contributed by atoms with E-state index in [9.17, 15) is 9.59 Å². The fraction of sp³-hybridized carbons (Fsp3) is 0.333. The van der Waals surface area contributed by atoms with E-state index in [4.69, 9.17) is 16.4 Å². The first-order valence-electron chi connectivity index (χ1n) is 12.7. The molecular formula is C30H32ClN3O3. The molecule has 5 rings (SSSR count). The van der Waals surface area contributed by atoms with E-state index in [0.717, 1.165) is 16.7 Å². The molecule has 6 nitrogen and oxygen atoms in total. The lowest BCUT2D eigenvalue weighted by Crippen LogP contribution is -2.52. The third-order valence-corrected chi connectivity index (χ3v) is 7.53. The van der Waals surface area contributed by atoms with Crippen molar-refractivity contribution in [3.8, 4) is 0 Å². The van der Waals surface area contributed by atoms with Gasteiger partial charge in [-0.15, -0.1) is 0 Å². The summed E-state index contributed by atoms with van der Waals surface area (Å²) in [6.07, 6.45) is -0.153.